The molecule has 0 N–H and O–H groups in total. The Bertz CT molecular complexity index is 737. The van der Waals surface area contributed by atoms with Gasteiger partial charge in [0.2, 0.25) is 5.58 Å². The van der Waals surface area contributed by atoms with E-state index >= 15 is 0 Å². The summed E-state index contributed by atoms with van der Waals surface area (Å²) in [6.45, 7) is 4.43. The normalized spacial score (nSPS) is 22.1. The second-order valence-electron chi connectivity index (χ2n) is 5.65. The maximum Gasteiger partial charge on any atom is 0.284 e. The zero-order valence-electron chi connectivity index (χ0n) is 12.6. The van der Waals surface area contributed by atoms with E-state index in [4.69, 9.17) is 9.26 Å². The van der Waals surface area contributed by atoms with Gasteiger partial charge in [0.05, 0.1) is 23.3 Å². The number of hydrogen-bond donors (Lipinski definition) is 0. The SMILES string of the molecule is C[C@@H]1CN(c2c(C=O)cc3c(C(F)F)noc3c2F)C[C@@H](C)O1. The highest BCUT2D eigenvalue weighted by Crippen LogP contribution is 2.36. The molecule has 1 aromatic heterocycles. The highest BCUT2D eigenvalue weighted by Gasteiger charge is 2.30. The third kappa shape index (κ3) is 2.67. The monoisotopic (exact) mass is 328 g/mol. The maximum atomic E-state index is 14.8. The van der Waals surface area contributed by atoms with Crippen molar-refractivity contribution in [3.05, 3.63) is 23.1 Å². The molecule has 1 saturated heterocycles. The van der Waals surface area contributed by atoms with Crippen molar-refractivity contribution in [2.24, 2.45) is 0 Å². The van der Waals surface area contributed by atoms with Crippen molar-refractivity contribution in [2.75, 3.05) is 18.0 Å². The predicted molar refractivity (Wildman–Crippen MR) is 76.5 cm³/mol. The van der Waals surface area contributed by atoms with Crippen LogP contribution in [0.3, 0.4) is 0 Å². The van der Waals surface area contributed by atoms with Crippen molar-refractivity contribution in [3.63, 3.8) is 0 Å². The molecule has 0 radical (unpaired) electrons. The fraction of sp³-hybridized carbons (Fsp3) is 0.467. The zero-order valence-corrected chi connectivity index (χ0v) is 12.6. The van der Waals surface area contributed by atoms with Gasteiger partial charge in [-0.15, -0.1) is 0 Å². The molecule has 8 heteroatoms. The van der Waals surface area contributed by atoms with E-state index in [2.05, 4.69) is 5.16 Å². The number of carbonyl (C=O) groups is 1. The number of alkyl halides is 2. The lowest BCUT2D eigenvalue weighted by atomic mass is 10.1. The predicted octanol–water partition coefficient (Wildman–Crippen LogP) is 3.33. The summed E-state index contributed by atoms with van der Waals surface area (Å²) in [7, 11) is 0. The van der Waals surface area contributed by atoms with E-state index in [0.29, 0.717) is 19.4 Å². The first kappa shape index (κ1) is 15.8. The van der Waals surface area contributed by atoms with Crippen LogP contribution in [0.25, 0.3) is 11.0 Å². The minimum absolute atomic E-state index is 0.0126. The van der Waals surface area contributed by atoms with E-state index in [1.807, 2.05) is 13.8 Å². The molecule has 124 valence electrons. The van der Waals surface area contributed by atoms with Crippen LogP contribution in [0, 0.1) is 5.82 Å². The van der Waals surface area contributed by atoms with Crippen LogP contribution in [0.5, 0.6) is 0 Å². The van der Waals surface area contributed by atoms with Crippen LogP contribution < -0.4 is 4.90 Å². The summed E-state index contributed by atoms with van der Waals surface area (Å²) in [5.41, 5.74) is -1.02. The van der Waals surface area contributed by atoms with Gasteiger partial charge >= 0.3 is 0 Å². The van der Waals surface area contributed by atoms with Crippen LogP contribution in [0.2, 0.25) is 0 Å². The lowest BCUT2D eigenvalue weighted by Crippen LogP contribution is -2.46. The molecule has 23 heavy (non-hydrogen) atoms. The summed E-state index contributed by atoms with van der Waals surface area (Å²) in [4.78, 5) is 13.0. The molecule has 1 fully saturated rings. The Morgan fingerprint density at radius 1 is 1.35 bits per heavy atom. The van der Waals surface area contributed by atoms with E-state index in [1.165, 1.54) is 6.07 Å². The highest BCUT2D eigenvalue weighted by atomic mass is 19.3. The second-order valence-corrected chi connectivity index (χ2v) is 5.65. The first-order chi connectivity index (χ1) is 10.9. The number of anilines is 1. The van der Waals surface area contributed by atoms with Crippen molar-refractivity contribution >= 4 is 22.9 Å². The molecule has 0 amide bonds. The Kier molecular flexibility index (Phi) is 4.01. The lowest BCUT2D eigenvalue weighted by Gasteiger charge is -2.37. The number of rotatable bonds is 3. The summed E-state index contributed by atoms with van der Waals surface area (Å²) in [6, 6.07) is 1.20. The minimum Gasteiger partial charge on any atom is -0.372 e. The molecule has 0 saturated carbocycles. The van der Waals surface area contributed by atoms with Gasteiger partial charge in [-0.25, -0.2) is 13.2 Å². The van der Waals surface area contributed by atoms with Crippen LogP contribution in [-0.4, -0.2) is 36.7 Å². The Balaban J connectivity index is 2.16. The van der Waals surface area contributed by atoms with E-state index in [1.54, 1.807) is 4.90 Å². The molecule has 5 nitrogen and oxygen atoms in total. The van der Waals surface area contributed by atoms with Crippen LogP contribution in [0.1, 0.15) is 36.3 Å². The van der Waals surface area contributed by atoms with Gasteiger partial charge in [0.15, 0.2) is 17.8 Å². The number of aromatic nitrogens is 1. The van der Waals surface area contributed by atoms with Gasteiger partial charge in [-0.2, -0.15) is 0 Å². The zero-order chi connectivity index (χ0) is 16.7. The third-order valence-electron chi connectivity index (χ3n) is 3.81. The van der Waals surface area contributed by atoms with Crippen molar-refractivity contribution in [2.45, 2.75) is 32.5 Å². The van der Waals surface area contributed by atoms with Crippen LogP contribution in [0.4, 0.5) is 18.9 Å². The summed E-state index contributed by atoms with van der Waals surface area (Å²) in [5, 5.41) is 3.04. The van der Waals surface area contributed by atoms with Crippen LogP contribution in [0.15, 0.2) is 10.6 Å². The number of halogens is 3. The Morgan fingerprint density at radius 2 is 2.00 bits per heavy atom. The summed E-state index contributed by atoms with van der Waals surface area (Å²) in [5.74, 6) is -0.856. The van der Waals surface area contributed by atoms with Gasteiger partial charge in [0.25, 0.3) is 6.43 Å². The van der Waals surface area contributed by atoms with Crippen molar-refractivity contribution < 1.29 is 27.2 Å². The minimum atomic E-state index is -2.91. The van der Waals surface area contributed by atoms with Crippen molar-refractivity contribution in [1.29, 1.82) is 0 Å². The number of nitrogens with zero attached hydrogens (tertiary/aromatic N) is 2. The largest absolute Gasteiger partial charge is 0.372 e. The Labute approximate surface area is 130 Å². The molecular formula is C15H15F3N2O3. The number of morpholine rings is 1. The first-order valence-corrected chi connectivity index (χ1v) is 7.17. The van der Waals surface area contributed by atoms with Crippen molar-refractivity contribution in [1.82, 2.24) is 5.16 Å². The maximum absolute atomic E-state index is 14.8. The van der Waals surface area contributed by atoms with E-state index < -0.39 is 17.9 Å². The topological polar surface area (TPSA) is 55.6 Å². The Morgan fingerprint density at radius 3 is 2.57 bits per heavy atom. The van der Waals surface area contributed by atoms with Gasteiger partial charge in [0, 0.05) is 18.7 Å². The lowest BCUT2D eigenvalue weighted by molar-refractivity contribution is -0.00543. The van der Waals surface area contributed by atoms with Crippen LogP contribution >= 0.6 is 0 Å². The molecule has 1 aromatic carbocycles. The average molecular weight is 328 g/mol. The summed E-state index contributed by atoms with van der Waals surface area (Å²) in [6.07, 6.45) is -2.77. The summed E-state index contributed by atoms with van der Waals surface area (Å²) < 4.78 is 50.9. The van der Waals surface area contributed by atoms with Gasteiger partial charge in [-0.05, 0) is 19.9 Å². The molecule has 0 aliphatic carbocycles. The van der Waals surface area contributed by atoms with Gasteiger partial charge in [0.1, 0.15) is 0 Å². The second kappa shape index (κ2) is 5.84. The smallest absolute Gasteiger partial charge is 0.284 e. The summed E-state index contributed by atoms with van der Waals surface area (Å²) >= 11 is 0. The molecule has 2 heterocycles. The van der Waals surface area contributed by atoms with Gasteiger partial charge < -0.3 is 14.2 Å². The van der Waals surface area contributed by atoms with Gasteiger partial charge in [-0.3, -0.25) is 4.79 Å². The number of aldehydes is 1. The number of ether oxygens (including phenoxy) is 1. The van der Waals surface area contributed by atoms with Crippen LogP contribution in [-0.2, 0) is 4.74 Å². The molecule has 1 aliphatic heterocycles. The highest BCUT2D eigenvalue weighted by molar-refractivity contribution is 5.95. The number of carbonyl (C=O) groups excluding carboxylic acids is 1. The van der Waals surface area contributed by atoms with E-state index in [9.17, 15) is 18.0 Å². The molecule has 0 bridgehead atoms. The Hall–Kier alpha value is -2.09. The molecule has 2 atom stereocenters. The van der Waals surface area contributed by atoms with Crippen molar-refractivity contribution in [3.8, 4) is 0 Å². The fourth-order valence-electron chi connectivity index (χ4n) is 2.99. The molecular weight excluding hydrogens is 313 g/mol. The first-order valence-electron chi connectivity index (χ1n) is 7.17. The van der Waals surface area contributed by atoms with E-state index in [-0.39, 0.29) is 34.4 Å². The average Bonchev–Trinajstić information content (AvgIpc) is 2.90. The molecule has 3 rings (SSSR count). The quantitative estimate of drug-likeness (QED) is 0.809. The number of hydrogen-bond acceptors (Lipinski definition) is 5. The number of benzene rings is 1. The third-order valence-corrected chi connectivity index (χ3v) is 3.81. The molecule has 2 aromatic rings. The van der Waals surface area contributed by atoms with E-state index in [0.717, 1.165) is 0 Å². The molecule has 0 unspecified atom stereocenters. The standard InChI is InChI=1S/C15H15F3N2O3/c1-7-4-20(5-8(2)22-7)13-9(6-21)3-10-12(15(17)18)19-23-14(10)11(13)16/h3,6-8,15H,4-5H2,1-2H3/t7-,8-/m1/s1. The van der Waals surface area contributed by atoms with Gasteiger partial charge in [-0.1, -0.05) is 5.16 Å². The fourth-order valence-corrected chi connectivity index (χ4v) is 2.99. The molecule has 1 aliphatic rings. The number of fused-ring (bicyclic) bond motifs is 1. The molecule has 0 spiro atoms.